The number of carbonyl (C=O) groups excluding carboxylic acids is 2. The zero-order chi connectivity index (χ0) is 21.1. The van der Waals surface area contributed by atoms with Gasteiger partial charge < -0.3 is 4.74 Å². The number of hydrogen-bond donors (Lipinski definition) is 1. The number of hydrazine groups is 2. The van der Waals surface area contributed by atoms with Crippen molar-refractivity contribution in [1.29, 1.82) is 0 Å². The van der Waals surface area contributed by atoms with Crippen molar-refractivity contribution in [3.05, 3.63) is 102 Å². The highest BCUT2D eigenvalue weighted by Crippen LogP contribution is 2.45. The molecule has 3 aromatic carbocycles. The van der Waals surface area contributed by atoms with Crippen molar-refractivity contribution in [1.82, 2.24) is 15.6 Å². The second-order valence-electron chi connectivity index (χ2n) is 7.31. The molecular weight excluding hydrogens is 378 g/mol. The Bertz CT molecular complexity index is 1030. The van der Waals surface area contributed by atoms with Gasteiger partial charge in [0.1, 0.15) is 5.75 Å². The van der Waals surface area contributed by atoms with Gasteiger partial charge in [0.2, 0.25) is 6.10 Å². The summed E-state index contributed by atoms with van der Waals surface area (Å²) in [4.78, 5) is 27.1. The van der Waals surface area contributed by atoms with Gasteiger partial charge in [-0.15, -0.1) is 0 Å². The lowest BCUT2D eigenvalue weighted by Crippen LogP contribution is -2.81. The quantitative estimate of drug-likeness (QED) is 0.375. The van der Waals surface area contributed by atoms with Crippen LogP contribution in [0.2, 0.25) is 0 Å². The van der Waals surface area contributed by atoms with E-state index in [1.54, 1.807) is 43.4 Å². The highest BCUT2D eigenvalue weighted by Gasteiger charge is 2.68. The normalized spacial score (nSPS) is 20.7. The molecule has 1 amide bonds. The monoisotopic (exact) mass is 401 g/mol. The first-order chi connectivity index (χ1) is 14.5. The van der Waals surface area contributed by atoms with E-state index >= 15 is 0 Å². The number of benzene rings is 3. The number of ether oxygens (including phenoxy) is 1. The van der Waals surface area contributed by atoms with Crippen molar-refractivity contribution in [3.8, 4) is 5.75 Å². The van der Waals surface area contributed by atoms with Gasteiger partial charge in [0.25, 0.3) is 5.91 Å². The van der Waals surface area contributed by atoms with Crippen LogP contribution in [-0.2, 0) is 10.3 Å². The van der Waals surface area contributed by atoms with Gasteiger partial charge in [-0.2, -0.15) is 5.53 Å². The number of Topliss-reactive ketones (excluding diaryl/α,β-unsaturated/α-hetero) is 1. The van der Waals surface area contributed by atoms with Gasteiger partial charge in [-0.1, -0.05) is 78.9 Å². The maximum Gasteiger partial charge on any atom is 0.283 e. The summed E-state index contributed by atoms with van der Waals surface area (Å²) in [6.45, 7) is 0. The predicted molar refractivity (Wildman–Crippen MR) is 113 cm³/mol. The number of carbonyl (C=O) groups is 2. The third-order valence-electron chi connectivity index (χ3n) is 5.07. The molecule has 0 saturated carbocycles. The number of ketones is 1. The number of nitrogens with zero attached hydrogens (tertiary/aromatic N) is 2. The first-order valence-corrected chi connectivity index (χ1v) is 9.70. The lowest BCUT2D eigenvalue weighted by molar-refractivity contribution is -0.194. The van der Waals surface area contributed by atoms with Crippen molar-refractivity contribution in [2.45, 2.75) is 11.6 Å². The number of para-hydroxylation sites is 1. The molecule has 2 atom stereocenters. The summed E-state index contributed by atoms with van der Waals surface area (Å²) in [7, 11) is 3.53. The Morgan fingerprint density at radius 2 is 1.43 bits per heavy atom. The lowest BCUT2D eigenvalue weighted by atomic mass is 9.71. The van der Waals surface area contributed by atoms with E-state index < -0.39 is 11.6 Å². The van der Waals surface area contributed by atoms with E-state index in [4.69, 9.17) is 4.74 Å². The molecule has 1 fully saturated rings. The van der Waals surface area contributed by atoms with Crippen LogP contribution in [0.5, 0.6) is 5.75 Å². The maximum absolute atomic E-state index is 14.0. The summed E-state index contributed by atoms with van der Waals surface area (Å²) in [5.41, 5.74) is 2.82. The second-order valence-corrected chi connectivity index (χ2v) is 7.31. The van der Waals surface area contributed by atoms with E-state index in [-0.39, 0.29) is 11.7 Å². The van der Waals surface area contributed by atoms with Crippen molar-refractivity contribution < 1.29 is 14.3 Å². The molecule has 6 heteroatoms. The summed E-state index contributed by atoms with van der Waals surface area (Å²) >= 11 is 0. The Balaban J connectivity index is 1.87. The highest BCUT2D eigenvalue weighted by molar-refractivity contribution is 6.13. The fourth-order valence-electron chi connectivity index (χ4n) is 3.75. The van der Waals surface area contributed by atoms with Crippen molar-refractivity contribution in [2.24, 2.45) is 0 Å². The van der Waals surface area contributed by atoms with Crippen LogP contribution in [0, 0.1) is 0 Å². The summed E-state index contributed by atoms with van der Waals surface area (Å²) in [5, 5.41) is 3.00. The highest BCUT2D eigenvalue weighted by atomic mass is 16.5. The van der Waals surface area contributed by atoms with Crippen LogP contribution in [-0.4, -0.2) is 41.9 Å². The van der Waals surface area contributed by atoms with Crippen LogP contribution in [0.4, 0.5) is 0 Å². The summed E-state index contributed by atoms with van der Waals surface area (Å²) < 4.78 is 6.12. The standard InChI is InChI=1S/C24H23N3O3/c1-26(2)25-27-23(29)22(30-20-16-10-5-11-17-20)24(27,19-14-8-4-9-15-19)21(28)18-12-6-3-7-13-18/h3-17,22,25H,1-2H3/t22-,24+/m1/s1. The lowest BCUT2D eigenvalue weighted by Gasteiger charge is -2.55. The molecule has 1 saturated heterocycles. The molecule has 0 aromatic heterocycles. The minimum Gasteiger partial charge on any atom is -0.477 e. The third-order valence-corrected chi connectivity index (χ3v) is 5.07. The van der Waals surface area contributed by atoms with Gasteiger partial charge in [0, 0.05) is 19.7 Å². The molecule has 1 N–H and O–H groups in total. The van der Waals surface area contributed by atoms with Crippen LogP contribution >= 0.6 is 0 Å². The maximum atomic E-state index is 14.0. The molecule has 30 heavy (non-hydrogen) atoms. The molecule has 6 nitrogen and oxygen atoms in total. The topological polar surface area (TPSA) is 61.9 Å². The van der Waals surface area contributed by atoms with E-state index in [9.17, 15) is 9.59 Å². The Kier molecular flexibility index (Phi) is 5.35. The van der Waals surface area contributed by atoms with Crippen molar-refractivity contribution in [2.75, 3.05) is 14.1 Å². The minimum absolute atomic E-state index is 0.218. The Labute approximate surface area is 175 Å². The van der Waals surface area contributed by atoms with Crippen LogP contribution in [0.3, 0.4) is 0 Å². The fraction of sp³-hybridized carbons (Fsp3) is 0.167. The number of amides is 1. The van der Waals surface area contributed by atoms with Gasteiger partial charge in [-0.05, 0) is 17.7 Å². The van der Waals surface area contributed by atoms with Crippen molar-refractivity contribution >= 4 is 11.7 Å². The average Bonchev–Trinajstić information content (AvgIpc) is 2.79. The van der Waals surface area contributed by atoms with Crippen LogP contribution < -0.4 is 10.3 Å². The third kappa shape index (κ3) is 3.26. The fourth-order valence-corrected chi connectivity index (χ4v) is 3.75. The molecule has 0 unspecified atom stereocenters. The number of β-lactam (4-membered cyclic amide) rings is 1. The van der Waals surface area contributed by atoms with Crippen LogP contribution in [0.1, 0.15) is 15.9 Å². The molecule has 4 rings (SSSR count). The summed E-state index contributed by atoms with van der Waals surface area (Å²) in [6, 6.07) is 27.3. The SMILES string of the molecule is CN(C)NN1C(=O)[C@@H](Oc2ccccc2)[C@@]1(C(=O)c1ccccc1)c1ccccc1. The molecule has 3 aromatic rings. The molecular formula is C24H23N3O3. The molecule has 0 spiro atoms. The molecule has 0 bridgehead atoms. The average molecular weight is 401 g/mol. The van der Waals surface area contributed by atoms with E-state index in [0.29, 0.717) is 16.9 Å². The van der Waals surface area contributed by atoms with Gasteiger partial charge >= 0.3 is 0 Å². The summed E-state index contributed by atoms with van der Waals surface area (Å²) in [6.07, 6.45) is -1.01. The molecule has 152 valence electrons. The first kappa shape index (κ1) is 19.8. The van der Waals surface area contributed by atoms with E-state index in [0.717, 1.165) is 0 Å². The Morgan fingerprint density at radius 3 is 2.00 bits per heavy atom. The van der Waals surface area contributed by atoms with E-state index in [2.05, 4.69) is 5.53 Å². The number of rotatable bonds is 7. The smallest absolute Gasteiger partial charge is 0.283 e. The van der Waals surface area contributed by atoms with Gasteiger partial charge in [-0.3, -0.25) is 9.59 Å². The largest absolute Gasteiger partial charge is 0.477 e. The van der Waals surface area contributed by atoms with E-state index in [1.165, 1.54) is 5.01 Å². The minimum atomic E-state index is -1.36. The van der Waals surface area contributed by atoms with Gasteiger partial charge in [-0.25, -0.2) is 10.0 Å². The Hall–Kier alpha value is -3.48. The van der Waals surface area contributed by atoms with Gasteiger partial charge in [0.05, 0.1) is 0 Å². The zero-order valence-electron chi connectivity index (χ0n) is 16.9. The molecule has 0 aliphatic carbocycles. The molecule has 1 aliphatic heterocycles. The summed E-state index contributed by atoms with van der Waals surface area (Å²) in [5.74, 6) is -0.00797. The second kappa shape index (κ2) is 8.10. The van der Waals surface area contributed by atoms with Crippen LogP contribution in [0.25, 0.3) is 0 Å². The molecule has 0 radical (unpaired) electrons. The Morgan fingerprint density at radius 1 is 0.900 bits per heavy atom. The number of nitrogens with one attached hydrogen (secondary N) is 1. The van der Waals surface area contributed by atoms with Crippen molar-refractivity contribution in [3.63, 3.8) is 0 Å². The van der Waals surface area contributed by atoms with Crippen LogP contribution in [0.15, 0.2) is 91.0 Å². The predicted octanol–water partition coefficient (Wildman–Crippen LogP) is 3.04. The number of hydrogen-bond acceptors (Lipinski definition) is 5. The molecule has 1 aliphatic rings. The van der Waals surface area contributed by atoms with Gasteiger partial charge in [0.15, 0.2) is 11.3 Å². The van der Waals surface area contributed by atoms with E-state index in [1.807, 2.05) is 66.7 Å². The zero-order valence-corrected chi connectivity index (χ0v) is 16.9. The molecule has 1 heterocycles. The first-order valence-electron chi connectivity index (χ1n) is 9.70.